The number of rotatable bonds is 7. The molecule has 14 heteroatoms. The number of halogens is 3. The van der Waals surface area contributed by atoms with Crippen LogP contribution in [0.5, 0.6) is 11.6 Å². The number of hydrogen-bond donors (Lipinski definition) is 1. The molecular weight excluding hydrogens is 615 g/mol. The fourth-order valence-corrected chi connectivity index (χ4v) is 6.63. The van der Waals surface area contributed by atoms with E-state index in [9.17, 15) is 18.0 Å². The van der Waals surface area contributed by atoms with Crippen LogP contribution in [0.15, 0.2) is 54.7 Å². The van der Waals surface area contributed by atoms with E-state index < -0.39 is 30.5 Å². The molecule has 0 bridgehead atoms. The van der Waals surface area contributed by atoms with E-state index in [1.165, 1.54) is 19.2 Å². The first kappa shape index (κ1) is 30.9. The Balaban J connectivity index is 1.25. The van der Waals surface area contributed by atoms with Crippen LogP contribution in [0.4, 0.5) is 13.2 Å². The van der Waals surface area contributed by atoms with Crippen LogP contribution < -0.4 is 9.47 Å². The van der Waals surface area contributed by atoms with Crippen molar-refractivity contribution in [3.05, 3.63) is 66.4 Å². The van der Waals surface area contributed by atoms with Crippen molar-refractivity contribution in [2.75, 3.05) is 47.1 Å². The Morgan fingerprint density at radius 2 is 1.87 bits per heavy atom. The van der Waals surface area contributed by atoms with Crippen LogP contribution >= 0.6 is 0 Å². The van der Waals surface area contributed by atoms with Crippen molar-refractivity contribution in [3.63, 3.8) is 0 Å². The predicted octanol–water partition coefficient (Wildman–Crippen LogP) is 5.08. The van der Waals surface area contributed by atoms with E-state index in [-0.39, 0.29) is 17.1 Å². The van der Waals surface area contributed by atoms with Crippen LogP contribution in [0.1, 0.15) is 30.5 Å². The molecule has 2 saturated heterocycles. The van der Waals surface area contributed by atoms with Gasteiger partial charge in [0.15, 0.2) is 0 Å². The van der Waals surface area contributed by atoms with Crippen molar-refractivity contribution in [2.24, 2.45) is 0 Å². The molecule has 2 unspecified atom stereocenters. The lowest BCUT2D eigenvalue weighted by atomic mass is 10.1. The highest BCUT2D eigenvalue weighted by Crippen LogP contribution is 2.36. The van der Waals surface area contributed by atoms with Gasteiger partial charge in [-0.15, -0.1) is 0 Å². The molecule has 0 aliphatic carbocycles. The molecule has 2 aromatic carbocycles. The maximum atomic E-state index is 14.2. The van der Waals surface area contributed by atoms with Crippen LogP contribution in [0, 0.1) is 0 Å². The number of aromatic amines is 1. The highest BCUT2D eigenvalue weighted by molar-refractivity contribution is 5.85. The molecule has 5 heterocycles. The van der Waals surface area contributed by atoms with Crippen molar-refractivity contribution < 1.29 is 32.2 Å². The number of benzene rings is 2. The van der Waals surface area contributed by atoms with Gasteiger partial charge in [0, 0.05) is 43.7 Å². The van der Waals surface area contributed by atoms with Crippen LogP contribution in [0.25, 0.3) is 33.2 Å². The number of nitrogens with one attached hydrogen (secondary N) is 1. The monoisotopic (exact) mass is 649 g/mol. The van der Waals surface area contributed by atoms with Crippen LogP contribution in [0.2, 0.25) is 0 Å². The van der Waals surface area contributed by atoms with Gasteiger partial charge >= 0.3 is 6.18 Å². The van der Waals surface area contributed by atoms with Crippen LogP contribution in [0.3, 0.4) is 0 Å². The topological polar surface area (TPSA) is 111 Å². The Morgan fingerprint density at radius 1 is 1.02 bits per heavy atom. The highest BCUT2D eigenvalue weighted by Gasteiger charge is 2.40. The summed E-state index contributed by atoms with van der Waals surface area (Å²) in [7, 11) is 2.98. The van der Waals surface area contributed by atoms with E-state index in [1.807, 2.05) is 30.3 Å². The summed E-state index contributed by atoms with van der Waals surface area (Å²) >= 11 is 0. The molecule has 2 fully saturated rings. The van der Waals surface area contributed by atoms with Crippen molar-refractivity contribution in [3.8, 4) is 22.9 Å². The molecule has 246 valence electrons. The molecule has 11 nitrogen and oxygen atoms in total. The molecule has 0 saturated carbocycles. The number of methoxy groups -OCH3 is 2. The minimum absolute atomic E-state index is 0.124. The Bertz CT molecular complexity index is 1920. The molecule has 7 rings (SSSR count). The van der Waals surface area contributed by atoms with E-state index in [0.717, 1.165) is 21.9 Å². The lowest BCUT2D eigenvalue weighted by Gasteiger charge is -2.29. The van der Waals surface area contributed by atoms with Gasteiger partial charge in [-0.2, -0.15) is 13.2 Å². The second kappa shape index (κ2) is 12.5. The molecule has 2 aliphatic heterocycles. The number of amides is 1. The second-order valence-corrected chi connectivity index (χ2v) is 11.7. The fraction of sp³-hybridized carbons (Fsp3) is 0.394. The largest absolute Gasteiger partial charge is 0.497 e. The van der Waals surface area contributed by atoms with E-state index >= 15 is 0 Å². The normalized spacial score (nSPS) is 19.4. The first-order valence-corrected chi connectivity index (χ1v) is 15.4. The second-order valence-electron chi connectivity index (χ2n) is 11.7. The molecule has 2 aliphatic rings. The average Bonchev–Trinajstić information content (AvgIpc) is 3.82. The zero-order valence-electron chi connectivity index (χ0n) is 26.0. The average molecular weight is 650 g/mol. The van der Waals surface area contributed by atoms with Gasteiger partial charge in [-0.05, 0) is 37.1 Å². The molecule has 47 heavy (non-hydrogen) atoms. The summed E-state index contributed by atoms with van der Waals surface area (Å²) in [6, 6.07) is 13.8. The summed E-state index contributed by atoms with van der Waals surface area (Å²) in [5.41, 5.74) is 2.43. The van der Waals surface area contributed by atoms with Gasteiger partial charge in [0.1, 0.15) is 18.1 Å². The van der Waals surface area contributed by atoms with E-state index in [2.05, 4.69) is 19.9 Å². The zero-order valence-corrected chi connectivity index (χ0v) is 26.0. The van der Waals surface area contributed by atoms with Gasteiger partial charge in [-0.25, -0.2) is 15.0 Å². The van der Waals surface area contributed by atoms with Crippen molar-refractivity contribution in [1.82, 2.24) is 34.3 Å². The number of imidazole rings is 2. The number of ether oxygens (including phenoxy) is 3. The number of pyridine rings is 1. The highest BCUT2D eigenvalue weighted by atomic mass is 19.4. The Labute approximate surface area is 268 Å². The van der Waals surface area contributed by atoms with Gasteiger partial charge in [0.2, 0.25) is 17.6 Å². The molecule has 0 radical (unpaired) electrons. The standard InChI is InChI=1S/C33H34F3N7O4/c1-45-22-7-8-25-28(16-22)43(32(40-25)33(34,35)36)18-29(44)42-13-12-41(21-10-14-47-19-21)11-9-27(42)30-37-17-26(38-30)23-15-20-5-3-4-6-24(20)39-31(23)46-2/h3-8,15-17,21,27H,9-14,18-19H2,1-2H3,(H,37,38). The summed E-state index contributed by atoms with van der Waals surface area (Å²) in [6.07, 6.45) is -1.69. The van der Waals surface area contributed by atoms with E-state index in [4.69, 9.17) is 19.2 Å². The predicted molar refractivity (Wildman–Crippen MR) is 167 cm³/mol. The number of nitrogens with zero attached hydrogens (tertiary/aromatic N) is 6. The molecule has 1 N–H and O–H groups in total. The number of para-hydroxylation sites is 1. The van der Waals surface area contributed by atoms with Gasteiger partial charge < -0.3 is 28.7 Å². The third-order valence-electron chi connectivity index (χ3n) is 9.02. The summed E-state index contributed by atoms with van der Waals surface area (Å²) in [5, 5.41) is 0.921. The fourth-order valence-electron chi connectivity index (χ4n) is 6.63. The maximum absolute atomic E-state index is 14.2. The number of carbonyl (C=O) groups excluding carboxylic acids is 1. The van der Waals surface area contributed by atoms with Gasteiger partial charge in [0.05, 0.1) is 60.9 Å². The zero-order chi connectivity index (χ0) is 32.7. The number of carbonyl (C=O) groups is 1. The Kier molecular flexibility index (Phi) is 8.22. The minimum Gasteiger partial charge on any atom is -0.497 e. The van der Waals surface area contributed by atoms with Crippen molar-refractivity contribution >= 4 is 27.8 Å². The van der Waals surface area contributed by atoms with Gasteiger partial charge in [-0.3, -0.25) is 9.69 Å². The maximum Gasteiger partial charge on any atom is 0.449 e. The first-order valence-electron chi connectivity index (χ1n) is 15.4. The SMILES string of the molecule is COc1ccc2nc(C(F)(F)F)n(CC(=O)N3CCN(C4CCOC4)CCC3c3ncc(-c4cc5ccccc5nc4OC)[nH]3)c2c1. The minimum atomic E-state index is -4.77. The van der Waals surface area contributed by atoms with Gasteiger partial charge in [0.25, 0.3) is 0 Å². The molecule has 1 amide bonds. The molecule has 3 aromatic heterocycles. The summed E-state index contributed by atoms with van der Waals surface area (Å²) < 4.78 is 60.1. The Morgan fingerprint density at radius 3 is 2.64 bits per heavy atom. The Hall–Kier alpha value is -4.69. The van der Waals surface area contributed by atoms with Crippen LogP contribution in [-0.4, -0.2) is 93.3 Å². The lowest BCUT2D eigenvalue weighted by Crippen LogP contribution is -2.41. The number of fused-ring (bicyclic) bond motifs is 2. The third-order valence-corrected chi connectivity index (χ3v) is 9.02. The lowest BCUT2D eigenvalue weighted by molar-refractivity contribution is -0.148. The van der Waals surface area contributed by atoms with E-state index in [1.54, 1.807) is 24.3 Å². The van der Waals surface area contributed by atoms with Crippen molar-refractivity contribution in [2.45, 2.75) is 37.6 Å². The van der Waals surface area contributed by atoms with E-state index in [0.29, 0.717) is 68.0 Å². The number of aromatic nitrogens is 5. The summed E-state index contributed by atoms with van der Waals surface area (Å²) in [6.45, 7) is 2.24. The molecule has 0 spiro atoms. The summed E-state index contributed by atoms with van der Waals surface area (Å²) in [4.78, 5) is 34.7. The smallest absolute Gasteiger partial charge is 0.449 e. The number of alkyl halides is 3. The molecular formula is C33H34F3N7O4. The van der Waals surface area contributed by atoms with Gasteiger partial charge in [-0.1, -0.05) is 18.2 Å². The molecule has 5 aromatic rings. The van der Waals surface area contributed by atoms with Crippen molar-refractivity contribution in [1.29, 1.82) is 0 Å². The quantitative estimate of drug-likeness (QED) is 0.260. The first-order chi connectivity index (χ1) is 22.7. The third kappa shape index (κ3) is 5.98. The molecule has 2 atom stereocenters. The number of hydrogen-bond acceptors (Lipinski definition) is 8. The number of H-pyrrole nitrogens is 1. The van der Waals surface area contributed by atoms with Crippen LogP contribution in [-0.2, 0) is 22.3 Å². The summed E-state index contributed by atoms with van der Waals surface area (Å²) in [5.74, 6) is -0.302.